The maximum absolute atomic E-state index is 14.5. The zero-order chi connectivity index (χ0) is 32.0. The molecule has 0 spiro atoms. The van der Waals surface area contributed by atoms with Crippen LogP contribution in [0.1, 0.15) is 47.1 Å². The first-order valence-corrected chi connectivity index (χ1v) is 15.2. The molecule has 0 fully saturated rings. The fourth-order valence-electron chi connectivity index (χ4n) is 4.36. The van der Waals surface area contributed by atoms with Crippen LogP contribution in [0.4, 0.5) is 18.9 Å². The summed E-state index contributed by atoms with van der Waals surface area (Å²) in [7, 11) is -2.30. The summed E-state index contributed by atoms with van der Waals surface area (Å²) >= 11 is 0. The Morgan fingerprint density at radius 1 is 0.791 bits per heavy atom. The van der Waals surface area contributed by atoms with E-state index in [9.17, 15) is 21.6 Å². The number of anilines is 1. The lowest BCUT2D eigenvalue weighted by molar-refractivity contribution is -0.138. The Hall–Kier alpha value is -4.06. The van der Waals surface area contributed by atoms with E-state index in [1.807, 2.05) is 20.8 Å². The van der Waals surface area contributed by atoms with Crippen LogP contribution in [0, 0.1) is 0 Å². The Kier molecular flexibility index (Phi) is 8.31. The second-order valence-electron chi connectivity index (χ2n) is 12.1. The van der Waals surface area contributed by atoms with Crippen molar-refractivity contribution in [3.63, 3.8) is 0 Å². The van der Waals surface area contributed by atoms with Crippen LogP contribution in [0.15, 0.2) is 54.7 Å². The number of alkyl halides is 3. The molecule has 3 aromatic carbocycles. The largest absolute Gasteiger partial charge is 0.495 e. The number of halogens is 3. The molecule has 0 saturated heterocycles. The third-order valence-corrected chi connectivity index (χ3v) is 6.50. The number of nitrogens with one attached hydrogen (secondary N) is 1. The van der Waals surface area contributed by atoms with E-state index in [1.54, 1.807) is 63.2 Å². The molecule has 0 radical (unpaired) electrons. The Labute approximate surface area is 249 Å². The van der Waals surface area contributed by atoms with Gasteiger partial charge in [-0.05, 0) is 93.8 Å². The van der Waals surface area contributed by atoms with Gasteiger partial charge in [0.25, 0.3) is 0 Å². The molecule has 0 aliphatic carbocycles. The molecule has 0 atom stereocenters. The van der Waals surface area contributed by atoms with Gasteiger partial charge in [-0.2, -0.15) is 18.2 Å². The number of ether oxygens (including phenoxy) is 3. The normalized spacial score (nSPS) is 12.7. The standard InChI is InChI=1S/C31H34F3N3O5S/c1-29(2,3)41-27-24(17-35-28(36-27)42-30(4,5)6)21-15-23(26(40-7)25(16-21)31(32,33)34)20-10-9-19-14-22(37-43(8,38)39)12-11-18(19)13-20/h9-17,37H,1-8H3. The topological polar surface area (TPSA) is 99.6 Å². The number of fused-ring (bicyclic) bond motifs is 1. The Balaban J connectivity index is 1.94. The molecule has 230 valence electrons. The summed E-state index contributed by atoms with van der Waals surface area (Å²) in [4.78, 5) is 8.68. The van der Waals surface area contributed by atoms with Gasteiger partial charge in [-0.3, -0.25) is 4.72 Å². The summed E-state index contributed by atoms with van der Waals surface area (Å²) < 4.78 is 86.3. The average Bonchev–Trinajstić information content (AvgIpc) is 2.84. The van der Waals surface area contributed by atoms with Crippen LogP contribution in [0.5, 0.6) is 17.6 Å². The van der Waals surface area contributed by atoms with Gasteiger partial charge < -0.3 is 14.2 Å². The summed E-state index contributed by atoms with van der Waals surface area (Å²) in [5.41, 5.74) is -0.918. The van der Waals surface area contributed by atoms with Crippen LogP contribution in [0.2, 0.25) is 0 Å². The van der Waals surface area contributed by atoms with Gasteiger partial charge in [-0.25, -0.2) is 13.4 Å². The summed E-state index contributed by atoms with van der Waals surface area (Å²) in [6, 6.07) is 12.6. The number of benzene rings is 3. The number of hydrogen-bond donors (Lipinski definition) is 1. The number of methoxy groups -OCH3 is 1. The predicted molar refractivity (Wildman–Crippen MR) is 161 cm³/mol. The first-order chi connectivity index (χ1) is 19.7. The average molecular weight is 618 g/mol. The Bertz CT molecular complexity index is 1780. The van der Waals surface area contributed by atoms with E-state index in [0.717, 1.165) is 12.3 Å². The highest BCUT2D eigenvalue weighted by Crippen LogP contribution is 2.46. The molecule has 8 nitrogen and oxygen atoms in total. The van der Waals surface area contributed by atoms with E-state index < -0.39 is 33.0 Å². The van der Waals surface area contributed by atoms with Crippen LogP contribution in [-0.2, 0) is 16.2 Å². The molecule has 4 aromatic rings. The molecule has 0 amide bonds. The van der Waals surface area contributed by atoms with Gasteiger partial charge in [0.2, 0.25) is 15.9 Å². The summed E-state index contributed by atoms with van der Waals surface area (Å²) in [5, 5.41) is 1.37. The first kappa shape index (κ1) is 31.9. The van der Waals surface area contributed by atoms with Crippen molar-refractivity contribution < 1.29 is 35.8 Å². The van der Waals surface area contributed by atoms with Crippen molar-refractivity contribution in [1.82, 2.24) is 9.97 Å². The second-order valence-corrected chi connectivity index (χ2v) is 13.8. The predicted octanol–water partition coefficient (Wildman–Crippen LogP) is 7.72. The first-order valence-electron chi connectivity index (χ1n) is 13.3. The molecule has 0 bridgehead atoms. The Morgan fingerprint density at radius 3 is 2.00 bits per heavy atom. The number of rotatable bonds is 7. The van der Waals surface area contributed by atoms with Gasteiger partial charge in [-0.15, -0.1) is 0 Å². The van der Waals surface area contributed by atoms with Crippen molar-refractivity contribution in [2.45, 2.75) is 58.9 Å². The lowest BCUT2D eigenvalue weighted by Crippen LogP contribution is -2.26. The van der Waals surface area contributed by atoms with Gasteiger partial charge in [0, 0.05) is 17.4 Å². The lowest BCUT2D eigenvalue weighted by atomic mass is 9.94. The van der Waals surface area contributed by atoms with E-state index >= 15 is 0 Å². The van der Waals surface area contributed by atoms with Gasteiger partial charge in [0.05, 0.1) is 24.5 Å². The maximum Gasteiger partial charge on any atom is 0.420 e. The van der Waals surface area contributed by atoms with E-state index in [-0.39, 0.29) is 34.3 Å². The maximum atomic E-state index is 14.5. The van der Waals surface area contributed by atoms with Gasteiger partial charge >= 0.3 is 12.2 Å². The number of sulfonamides is 1. The third kappa shape index (κ3) is 8.07. The molecule has 1 aromatic heterocycles. The second kappa shape index (κ2) is 11.2. The highest BCUT2D eigenvalue weighted by Gasteiger charge is 2.37. The number of hydrogen-bond acceptors (Lipinski definition) is 7. The minimum absolute atomic E-state index is 0.0274. The molecular formula is C31H34F3N3O5S. The molecule has 43 heavy (non-hydrogen) atoms. The molecule has 12 heteroatoms. The van der Waals surface area contributed by atoms with Crippen LogP contribution < -0.4 is 18.9 Å². The molecule has 1 N–H and O–H groups in total. The van der Waals surface area contributed by atoms with Crippen molar-refractivity contribution in [1.29, 1.82) is 0 Å². The van der Waals surface area contributed by atoms with Crippen LogP contribution in [0.25, 0.3) is 33.0 Å². The minimum atomic E-state index is -4.75. The van der Waals surface area contributed by atoms with Crippen molar-refractivity contribution in [3.8, 4) is 39.9 Å². The molecule has 1 heterocycles. The zero-order valence-electron chi connectivity index (χ0n) is 25.2. The van der Waals surface area contributed by atoms with Gasteiger partial charge in [-0.1, -0.05) is 18.2 Å². The fraction of sp³-hybridized carbons (Fsp3) is 0.355. The van der Waals surface area contributed by atoms with E-state index in [1.165, 1.54) is 13.3 Å². The van der Waals surface area contributed by atoms with Crippen LogP contribution in [-0.4, -0.2) is 43.0 Å². The van der Waals surface area contributed by atoms with E-state index in [2.05, 4.69) is 14.7 Å². The van der Waals surface area contributed by atoms with Crippen molar-refractivity contribution in [3.05, 3.63) is 60.3 Å². The molecule has 0 saturated carbocycles. The molecule has 4 rings (SSSR count). The smallest absolute Gasteiger partial charge is 0.420 e. The Morgan fingerprint density at radius 2 is 1.42 bits per heavy atom. The quantitative estimate of drug-likeness (QED) is 0.227. The lowest BCUT2D eigenvalue weighted by Gasteiger charge is -2.25. The molecule has 0 aliphatic heterocycles. The number of nitrogens with zero attached hydrogens (tertiary/aromatic N) is 2. The molecular weight excluding hydrogens is 583 g/mol. The highest BCUT2D eigenvalue weighted by molar-refractivity contribution is 7.92. The van der Waals surface area contributed by atoms with Crippen LogP contribution >= 0.6 is 0 Å². The van der Waals surface area contributed by atoms with Crippen molar-refractivity contribution in [2.24, 2.45) is 0 Å². The fourth-order valence-corrected chi connectivity index (χ4v) is 4.92. The SMILES string of the molecule is COc1c(-c2ccc3cc(NS(C)(=O)=O)ccc3c2)cc(-c2cnc(OC(C)(C)C)nc2OC(C)(C)C)cc1C(F)(F)F. The molecule has 0 unspecified atom stereocenters. The summed E-state index contributed by atoms with van der Waals surface area (Å²) in [6.07, 6.45) is -2.32. The van der Waals surface area contributed by atoms with Crippen LogP contribution in [0.3, 0.4) is 0 Å². The highest BCUT2D eigenvalue weighted by atomic mass is 32.2. The zero-order valence-corrected chi connectivity index (χ0v) is 26.0. The van der Waals surface area contributed by atoms with Crippen molar-refractivity contribution in [2.75, 3.05) is 18.1 Å². The number of aromatic nitrogens is 2. The van der Waals surface area contributed by atoms with Crippen molar-refractivity contribution >= 4 is 26.5 Å². The van der Waals surface area contributed by atoms with Gasteiger partial charge in [0.1, 0.15) is 17.0 Å². The third-order valence-electron chi connectivity index (χ3n) is 5.90. The van der Waals surface area contributed by atoms with E-state index in [0.29, 0.717) is 22.0 Å². The van der Waals surface area contributed by atoms with Gasteiger partial charge in [0.15, 0.2) is 0 Å². The van der Waals surface area contributed by atoms with E-state index in [4.69, 9.17) is 14.2 Å². The molecule has 0 aliphatic rings. The summed E-state index contributed by atoms with van der Waals surface area (Å²) in [5.74, 6) is -0.284. The monoisotopic (exact) mass is 617 g/mol. The summed E-state index contributed by atoms with van der Waals surface area (Å²) in [6.45, 7) is 10.9. The minimum Gasteiger partial charge on any atom is -0.495 e.